The molecule has 0 saturated heterocycles. The quantitative estimate of drug-likeness (QED) is 0.408. The van der Waals surface area contributed by atoms with Crippen LogP contribution in [0, 0.1) is 11.6 Å². The molecule has 0 spiro atoms. The number of hydrogen-bond acceptors (Lipinski definition) is 5. The Bertz CT molecular complexity index is 880. The number of halogens is 2. The number of ether oxygens (including phenoxy) is 2. The summed E-state index contributed by atoms with van der Waals surface area (Å²) in [5, 5.41) is 0. The number of nitrogens with zero attached hydrogens (tertiary/aromatic N) is 1. The first-order chi connectivity index (χ1) is 14.3. The summed E-state index contributed by atoms with van der Waals surface area (Å²) in [7, 11) is 0. The van der Waals surface area contributed by atoms with Gasteiger partial charge in [0.15, 0.2) is 0 Å². The molecule has 7 heteroatoms. The third-order valence-corrected chi connectivity index (χ3v) is 4.42. The van der Waals surface area contributed by atoms with E-state index in [0.717, 1.165) is 38.1 Å². The smallest absolute Gasteiger partial charge is 0.342 e. The van der Waals surface area contributed by atoms with Gasteiger partial charge in [-0.05, 0) is 55.8 Å². The molecular weight excluding hydrogens is 392 g/mol. The molecule has 0 atom stereocenters. The topological polar surface area (TPSA) is 55.8 Å². The molecule has 0 aliphatic heterocycles. The minimum atomic E-state index is -0.760. The Morgan fingerprint density at radius 2 is 1.67 bits per heavy atom. The van der Waals surface area contributed by atoms with E-state index in [1.54, 1.807) is 0 Å². The van der Waals surface area contributed by atoms with Crippen molar-refractivity contribution in [2.45, 2.75) is 33.6 Å². The summed E-state index contributed by atoms with van der Waals surface area (Å²) in [5.74, 6) is -2.71. The number of hydrogen-bond donors (Lipinski definition) is 0. The molecule has 2 aromatic carbocycles. The van der Waals surface area contributed by atoms with Crippen LogP contribution in [0.3, 0.4) is 0 Å². The van der Waals surface area contributed by atoms with Crippen molar-refractivity contribution in [1.82, 2.24) is 4.90 Å². The summed E-state index contributed by atoms with van der Waals surface area (Å²) < 4.78 is 37.9. The zero-order valence-corrected chi connectivity index (χ0v) is 17.5. The van der Waals surface area contributed by atoms with Crippen LogP contribution in [0.2, 0.25) is 0 Å². The van der Waals surface area contributed by atoms with Crippen LogP contribution >= 0.6 is 0 Å². The SMILES string of the molecule is CCCN(CCC)CCOC(=O)c1cc(-c2ccc(F)cc2F)ccc1OC(C)=O. The molecule has 0 fully saturated rings. The number of rotatable bonds is 10. The van der Waals surface area contributed by atoms with Crippen molar-refractivity contribution in [3.63, 3.8) is 0 Å². The average Bonchev–Trinajstić information content (AvgIpc) is 2.68. The minimum absolute atomic E-state index is 0.00366. The van der Waals surface area contributed by atoms with Crippen LogP contribution in [-0.4, -0.2) is 43.1 Å². The molecule has 0 aliphatic carbocycles. The molecule has 5 nitrogen and oxygen atoms in total. The van der Waals surface area contributed by atoms with E-state index >= 15 is 0 Å². The summed E-state index contributed by atoms with van der Waals surface area (Å²) in [4.78, 5) is 26.3. The average molecular weight is 419 g/mol. The van der Waals surface area contributed by atoms with Crippen molar-refractivity contribution in [3.8, 4) is 16.9 Å². The summed E-state index contributed by atoms with van der Waals surface area (Å²) >= 11 is 0. The van der Waals surface area contributed by atoms with Crippen LogP contribution in [0.15, 0.2) is 36.4 Å². The van der Waals surface area contributed by atoms with Crippen molar-refractivity contribution in [2.24, 2.45) is 0 Å². The van der Waals surface area contributed by atoms with Crippen LogP contribution in [-0.2, 0) is 9.53 Å². The van der Waals surface area contributed by atoms with Gasteiger partial charge in [-0.25, -0.2) is 13.6 Å². The van der Waals surface area contributed by atoms with Crippen LogP contribution < -0.4 is 4.74 Å². The maximum Gasteiger partial charge on any atom is 0.342 e. The van der Waals surface area contributed by atoms with Crippen molar-refractivity contribution < 1.29 is 27.8 Å². The van der Waals surface area contributed by atoms with E-state index < -0.39 is 23.6 Å². The Labute approximate surface area is 175 Å². The van der Waals surface area contributed by atoms with E-state index in [1.165, 1.54) is 31.2 Å². The molecule has 0 saturated carbocycles. The molecule has 0 aromatic heterocycles. The lowest BCUT2D eigenvalue weighted by Gasteiger charge is -2.20. The van der Waals surface area contributed by atoms with E-state index in [1.807, 2.05) is 0 Å². The fraction of sp³-hybridized carbons (Fsp3) is 0.391. The monoisotopic (exact) mass is 419 g/mol. The lowest BCUT2D eigenvalue weighted by molar-refractivity contribution is -0.131. The number of esters is 2. The molecular formula is C23H27F2NO4. The van der Waals surface area contributed by atoms with E-state index in [4.69, 9.17) is 9.47 Å². The number of benzene rings is 2. The van der Waals surface area contributed by atoms with Gasteiger partial charge >= 0.3 is 11.9 Å². The first-order valence-electron chi connectivity index (χ1n) is 10.0. The van der Waals surface area contributed by atoms with E-state index in [9.17, 15) is 18.4 Å². The predicted octanol–water partition coefficient (Wildman–Crippen LogP) is 4.84. The van der Waals surface area contributed by atoms with Gasteiger partial charge in [0.2, 0.25) is 0 Å². The molecule has 0 radical (unpaired) electrons. The van der Waals surface area contributed by atoms with Crippen LogP contribution in [0.1, 0.15) is 44.0 Å². The second kappa shape index (κ2) is 11.4. The second-order valence-electron chi connectivity index (χ2n) is 6.91. The van der Waals surface area contributed by atoms with Gasteiger partial charge in [0.25, 0.3) is 0 Å². The van der Waals surface area contributed by atoms with Gasteiger partial charge in [-0.15, -0.1) is 0 Å². The molecule has 0 amide bonds. The first-order valence-corrected chi connectivity index (χ1v) is 10.0. The highest BCUT2D eigenvalue weighted by Crippen LogP contribution is 2.29. The fourth-order valence-corrected chi connectivity index (χ4v) is 3.14. The molecule has 0 heterocycles. The van der Waals surface area contributed by atoms with Gasteiger partial charge in [-0.3, -0.25) is 9.69 Å². The molecule has 0 N–H and O–H groups in total. The molecule has 0 unspecified atom stereocenters. The summed E-state index contributed by atoms with van der Waals surface area (Å²) in [6.45, 7) is 7.96. The largest absolute Gasteiger partial charge is 0.461 e. The zero-order valence-electron chi connectivity index (χ0n) is 17.5. The van der Waals surface area contributed by atoms with Crippen molar-refractivity contribution in [1.29, 1.82) is 0 Å². The molecule has 0 aliphatic rings. The van der Waals surface area contributed by atoms with Gasteiger partial charge in [-0.2, -0.15) is 0 Å². The molecule has 2 rings (SSSR count). The highest BCUT2D eigenvalue weighted by atomic mass is 19.1. The Hall–Kier alpha value is -2.80. The Balaban J connectivity index is 2.24. The highest BCUT2D eigenvalue weighted by Gasteiger charge is 2.19. The summed E-state index contributed by atoms with van der Waals surface area (Å²) in [6.07, 6.45) is 1.99. The molecule has 0 bridgehead atoms. The van der Waals surface area contributed by atoms with Crippen LogP contribution in [0.25, 0.3) is 11.1 Å². The maximum atomic E-state index is 14.2. The lowest BCUT2D eigenvalue weighted by atomic mass is 10.0. The predicted molar refractivity (Wildman–Crippen MR) is 110 cm³/mol. The standard InChI is InChI=1S/C23H27F2NO4/c1-4-10-26(11-5-2)12-13-29-23(28)20-14-17(6-9-22(20)30-16(3)27)19-8-7-18(24)15-21(19)25/h6-9,14-15H,4-5,10-13H2,1-3H3. The third-order valence-electron chi connectivity index (χ3n) is 4.42. The van der Waals surface area contributed by atoms with Crippen molar-refractivity contribution >= 4 is 11.9 Å². The Morgan fingerprint density at radius 1 is 0.967 bits per heavy atom. The van der Waals surface area contributed by atoms with Crippen molar-refractivity contribution in [2.75, 3.05) is 26.2 Å². The van der Waals surface area contributed by atoms with Gasteiger partial charge in [0.1, 0.15) is 29.6 Å². The zero-order chi connectivity index (χ0) is 22.1. The van der Waals surface area contributed by atoms with E-state index in [2.05, 4.69) is 18.7 Å². The molecule has 162 valence electrons. The summed E-state index contributed by atoms with van der Waals surface area (Å²) in [5.41, 5.74) is 0.467. The highest BCUT2D eigenvalue weighted by molar-refractivity contribution is 5.95. The molecule has 30 heavy (non-hydrogen) atoms. The van der Waals surface area contributed by atoms with Crippen LogP contribution in [0.5, 0.6) is 5.75 Å². The van der Waals surface area contributed by atoms with Gasteiger partial charge in [-0.1, -0.05) is 19.9 Å². The maximum absolute atomic E-state index is 14.2. The third kappa shape index (κ3) is 6.62. The normalized spacial score (nSPS) is 10.9. The van der Waals surface area contributed by atoms with E-state index in [0.29, 0.717) is 12.1 Å². The lowest BCUT2D eigenvalue weighted by Crippen LogP contribution is -2.30. The Morgan fingerprint density at radius 3 is 2.27 bits per heavy atom. The van der Waals surface area contributed by atoms with E-state index in [-0.39, 0.29) is 23.5 Å². The fourth-order valence-electron chi connectivity index (χ4n) is 3.14. The van der Waals surface area contributed by atoms with Gasteiger partial charge in [0.05, 0.1) is 0 Å². The number of carbonyl (C=O) groups excluding carboxylic acids is 2. The first kappa shape index (κ1) is 23.5. The van der Waals surface area contributed by atoms with Gasteiger partial charge < -0.3 is 9.47 Å². The van der Waals surface area contributed by atoms with Crippen LogP contribution in [0.4, 0.5) is 8.78 Å². The minimum Gasteiger partial charge on any atom is -0.461 e. The summed E-state index contributed by atoms with van der Waals surface area (Å²) in [6, 6.07) is 7.46. The van der Waals surface area contributed by atoms with Crippen molar-refractivity contribution in [3.05, 3.63) is 53.6 Å². The Kier molecular flexibility index (Phi) is 8.92. The second-order valence-corrected chi connectivity index (χ2v) is 6.91. The molecule has 2 aromatic rings. The van der Waals surface area contributed by atoms with Gasteiger partial charge in [0, 0.05) is 25.1 Å². The number of carbonyl (C=O) groups is 2.